The molecule has 0 bridgehead atoms. The minimum absolute atomic E-state index is 0.325. The molecule has 1 fully saturated rings. The maximum atomic E-state index is 12.6. The Morgan fingerprint density at radius 1 is 1.38 bits per heavy atom. The second-order valence-corrected chi connectivity index (χ2v) is 2.34. The minimum Gasteiger partial charge on any atom is -0.275 e. The van der Waals surface area contributed by atoms with Crippen molar-refractivity contribution in [3.8, 4) is 0 Å². The molecule has 4 amide bonds. The van der Waals surface area contributed by atoms with Crippen LogP contribution in [0.15, 0.2) is 0 Å². The summed E-state index contributed by atoms with van der Waals surface area (Å²) in [6.07, 6.45) is -2.41. The van der Waals surface area contributed by atoms with Gasteiger partial charge in [0.15, 0.2) is 0 Å². The highest BCUT2D eigenvalue weighted by atomic mass is 19.1. The van der Waals surface area contributed by atoms with E-state index >= 15 is 0 Å². The molecule has 7 heteroatoms. The van der Waals surface area contributed by atoms with Crippen molar-refractivity contribution in [2.75, 3.05) is 13.2 Å². The van der Waals surface area contributed by atoms with Gasteiger partial charge in [-0.25, -0.2) is 13.6 Å². The molecule has 1 aliphatic heterocycles. The fourth-order valence-electron chi connectivity index (χ4n) is 0.882. The number of urea groups is 1. The maximum absolute atomic E-state index is 12.6. The average Bonchev–Trinajstić information content (AvgIpc) is 2.09. The fraction of sp³-hybridized carbons (Fsp3) is 0.500. The summed E-state index contributed by atoms with van der Waals surface area (Å²) in [5.41, 5.74) is 0. The Morgan fingerprint density at radius 3 is 2.54 bits per heavy atom. The van der Waals surface area contributed by atoms with Crippen LogP contribution in [0.25, 0.3) is 0 Å². The Kier molecular flexibility index (Phi) is 2.54. The number of amides is 4. The zero-order valence-electron chi connectivity index (χ0n) is 6.42. The lowest BCUT2D eigenvalue weighted by molar-refractivity contribution is -0.143. The van der Waals surface area contributed by atoms with Crippen LogP contribution in [0.4, 0.5) is 13.6 Å². The highest BCUT2D eigenvalue weighted by Gasteiger charge is 2.40. The van der Waals surface area contributed by atoms with E-state index in [2.05, 4.69) is 0 Å². The molecule has 0 saturated carbocycles. The summed E-state index contributed by atoms with van der Waals surface area (Å²) in [7, 11) is 0. The summed E-state index contributed by atoms with van der Waals surface area (Å²) in [5, 5.41) is 1.58. The van der Waals surface area contributed by atoms with E-state index in [1.165, 1.54) is 0 Å². The summed E-state index contributed by atoms with van der Waals surface area (Å²) < 4.78 is 24.4. The Hall–Kier alpha value is -1.53. The van der Waals surface area contributed by atoms with Crippen molar-refractivity contribution < 1.29 is 23.2 Å². The molecule has 0 spiro atoms. The topological polar surface area (TPSA) is 66.5 Å². The largest absolute Gasteiger partial charge is 0.331 e. The Bertz CT molecular complexity index is 269. The number of carbonyl (C=O) groups excluding carboxylic acids is 3. The number of rotatable bonds is 2. The molecular weight excluding hydrogens is 186 g/mol. The third kappa shape index (κ3) is 1.63. The first-order chi connectivity index (χ1) is 6.07. The lowest BCUT2D eigenvalue weighted by Gasteiger charge is -2.25. The second-order valence-electron chi connectivity index (χ2n) is 2.34. The van der Waals surface area contributed by atoms with Crippen molar-refractivity contribution in [2.45, 2.75) is 6.17 Å². The van der Waals surface area contributed by atoms with Crippen molar-refractivity contribution in [3.05, 3.63) is 0 Å². The van der Waals surface area contributed by atoms with Crippen molar-refractivity contribution in [1.29, 1.82) is 0 Å². The molecule has 1 aliphatic rings. The predicted molar refractivity (Wildman–Crippen MR) is 36.1 cm³/mol. The average molecular weight is 192 g/mol. The molecule has 5 nitrogen and oxygen atoms in total. The van der Waals surface area contributed by atoms with Gasteiger partial charge in [0.05, 0.1) is 6.54 Å². The minimum atomic E-state index is -2.41. The standard InChI is InChI=1S/C6H6F2N2O3/c7-1-2-10-5(12)3(8)4(11)9-6(10)13/h3H,1-2H2,(H,9,11,13). The quantitative estimate of drug-likeness (QED) is 0.592. The van der Waals surface area contributed by atoms with Crippen LogP contribution in [0, 0.1) is 0 Å². The molecule has 72 valence electrons. The smallest absolute Gasteiger partial charge is 0.275 e. The van der Waals surface area contributed by atoms with Gasteiger partial charge in [-0.15, -0.1) is 0 Å². The van der Waals surface area contributed by atoms with E-state index in [0.29, 0.717) is 4.90 Å². The summed E-state index contributed by atoms with van der Waals surface area (Å²) >= 11 is 0. The SMILES string of the molecule is O=C1NC(=O)N(CCF)C(=O)C1F. The van der Waals surface area contributed by atoms with Crippen LogP contribution in [0.2, 0.25) is 0 Å². The molecule has 0 aromatic rings. The van der Waals surface area contributed by atoms with Crippen LogP contribution in [0.5, 0.6) is 0 Å². The molecule has 1 atom stereocenters. The monoisotopic (exact) mass is 192 g/mol. The first kappa shape index (κ1) is 9.56. The highest BCUT2D eigenvalue weighted by molar-refractivity contribution is 6.17. The normalized spacial score (nSPS) is 23.4. The Balaban J connectivity index is 2.79. The highest BCUT2D eigenvalue weighted by Crippen LogP contribution is 2.06. The molecule has 1 heterocycles. The van der Waals surface area contributed by atoms with Gasteiger partial charge in [0, 0.05) is 0 Å². The second kappa shape index (κ2) is 3.46. The van der Waals surface area contributed by atoms with Crippen LogP contribution >= 0.6 is 0 Å². The zero-order valence-corrected chi connectivity index (χ0v) is 6.42. The number of hydrogen-bond donors (Lipinski definition) is 1. The van der Waals surface area contributed by atoms with Gasteiger partial charge in [0.2, 0.25) is 0 Å². The molecule has 1 N–H and O–H groups in total. The van der Waals surface area contributed by atoms with E-state index in [1.54, 1.807) is 5.32 Å². The number of imide groups is 2. The summed E-state index contributed by atoms with van der Waals surface area (Å²) in [4.78, 5) is 32.5. The fourth-order valence-corrected chi connectivity index (χ4v) is 0.882. The molecule has 1 rings (SSSR count). The van der Waals surface area contributed by atoms with Crippen molar-refractivity contribution in [1.82, 2.24) is 10.2 Å². The van der Waals surface area contributed by atoms with Crippen LogP contribution in [-0.2, 0) is 9.59 Å². The lowest BCUT2D eigenvalue weighted by atomic mass is 10.2. The van der Waals surface area contributed by atoms with Gasteiger partial charge in [-0.3, -0.25) is 19.8 Å². The van der Waals surface area contributed by atoms with E-state index < -0.39 is 37.2 Å². The molecule has 1 saturated heterocycles. The number of alkyl halides is 2. The number of carbonyl (C=O) groups is 3. The van der Waals surface area contributed by atoms with E-state index in [-0.39, 0.29) is 0 Å². The number of hydrogen-bond acceptors (Lipinski definition) is 3. The van der Waals surface area contributed by atoms with Gasteiger partial charge in [0.1, 0.15) is 6.67 Å². The van der Waals surface area contributed by atoms with Crippen LogP contribution < -0.4 is 5.32 Å². The molecular formula is C6H6F2N2O3. The van der Waals surface area contributed by atoms with Gasteiger partial charge < -0.3 is 0 Å². The molecule has 0 aromatic carbocycles. The van der Waals surface area contributed by atoms with Crippen LogP contribution in [0.1, 0.15) is 0 Å². The Morgan fingerprint density at radius 2 is 2.00 bits per heavy atom. The van der Waals surface area contributed by atoms with Gasteiger partial charge in [0.25, 0.3) is 18.0 Å². The van der Waals surface area contributed by atoms with E-state index in [4.69, 9.17) is 0 Å². The van der Waals surface area contributed by atoms with Gasteiger partial charge in [-0.2, -0.15) is 0 Å². The van der Waals surface area contributed by atoms with E-state index in [0.717, 1.165) is 0 Å². The number of barbiturate groups is 1. The van der Waals surface area contributed by atoms with Gasteiger partial charge >= 0.3 is 6.03 Å². The zero-order chi connectivity index (χ0) is 10.0. The first-order valence-corrected chi connectivity index (χ1v) is 3.44. The number of nitrogens with one attached hydrogen (secondary N) is 1. The molecule has 0 aromatic heterocycles. The molecule has 0 radical (unpaired) electrons. The van der Waals surface area contributed by atoms with Gasteiger partial charge in [-0.05, 0) is 0 Å². The third-order valence-electron chi connectivity index (χ3n) is 1.50. The lowest BCUT2D eigenvalue weighted by Crippen LogP contribution is -2.59. The van der Waals surface area contributed by atoms with Crippen molar-refractivity contribution in [2.24, 2.45) is 0 Å². The number of halogens is 2. The van der Waals surface area contributed by atoms with E-state index in [1.807, 2.05) is 0 Å². The van der Waals surface area contributed by atoms with Crippen molar-refractivity contribution >= 4 is 17.8 Å². The first-order valence-electron chi connectivity index (χ1n) is 3.44. The predicted octanol–water partition coefficient (Wildman–Crippen LogP) is -0.628. The Labute approximate surface area is 71.7 Å². The third-order valence-corrected chi connectivity index (χ3v) is 1.50. The number of nitrogens with zero attached hydrogens (tertiary/aromatic N) is 1. The summed E-state index contributed by atoms with van der Waals surface area (Å²) in [6, 6.07) is -1.08. The molecule has 1 unspecified atom stereocenters. The molecule has 13 heavy (non-hydrogen) atoms. The summed E-state index contributed by atoms with van der Waals surface area (Å²) in [5.74, 6) is -2.61. The van der Waals surface area contributed by atoms with Crippen molar-refractivity contribution in [3.63, 3.8) is 0 Å². The van der Waals surface area contributed by atoms with Crippen LogP contribution in [0.3, 0.4) is 0 Å². The van der Waals surface area contributed by atoms with Gasteiger partial charge in [-0.1, -0.05) is 0 Å². The summed E-state index contributed by atoms with van der Waals surface area (Å²) in [6.45, 7) is -1.52. The van der Waals surface area contributed by atoms with Crippen LogP contribution in [-0.4, -0.2) is 42.1 Å². The maximum Gasteiger partial charge on any atom is 0.331 e. The van der Waals surface area contributed by atoms with E-state index in [9.17, 15) is 23.2 Å². The molecule has 0 aliphatic carbocycles.